The van der Waals surface area contributed by atoms with Gasteiger partial charge in [0, 0.05) is 10.8 Å². The van der Waals surface area contributed by atoms with Crippen molar-refractivity contribution in [2.45, 2.75) is 12.4 Å². The monoisotopic (exact) mass is 250 g/mol. The lowest BCUT2D eigenvalue weighted by molar-refractivity contribution is -0.158. The maximum absolute atomic E-state index is 12.1. The highest BCUT2D eigenvalue weighted by molar-refractivity contribution is 7.08. The Balaban J connectivity index is 2.75. The van der Waals surface area contributed by atoms with Gasteiger partial charge in [0.15, 0.2) is 6.61 Å². The normalized spacial score (nSPS) is 12.9. The van der Waals surface area contributed by atoms with Crippen LogP contribution in [0.15, 0.2) is 10.8 Å². The van der Waals surface area contributed by atoms with Crippen LogP contribution in [-0.4, -0.2) is 12.8 Å². The predicted octanol–water partition coefficient (Wildman–Crippen LogP) is 3.71. The SMILES string of the molecule is FC(F)(F)COc1cscc1C(F)(F)F. The Kier molecular flexibility index (Phi) is 3.17. The van der Waals surface area contributed by atoms with Gasteiger partial charge in [-0.15, -0.1) is 11.3 Å². The Bertz CT molecular complexity index is 325. The molecule has 0 bridgehead atoms. The molecule has 1 heterocycles. The quantitative estimate of drug-likeness (QED) is 0.727. The molecule has 1 rings (SSSR count). The summed E-state index contributed by atoms with van der Waals surface area (Å²) in [6.45, 7) is -1.73. The van der Waals surface area contributed by atoms with Gasteiger partial charge in [-0.05, 0) is 0 Å². The van der Waals surface area contributed by atoms with E-state index in [9.17, 15) is 26.3 Å². The number of ether oxygens (including phenoxy) is 1. The molecular weight excluding hydrogens is 246 g/mol. The molecule has 86 valence electrons. The molecule has 1 nitrogen and oxygen atoms in total. The number of rotatable bonds is 2. The summed E-state index contributed by atoms with van der Waals surface area (Å²) in [5.74, 6) is -0.787. The standard InChI is InChI=1S/C7H4F6OS/c8-6(9,10)3-14-5-2-15-1-4(5)7(11,12)13/h1-2H,3H2. The molecule has 0 atom stereocenters. The van der Waals surface area contributed by atoms with E-state index in [0.29, 0.717) is 16.7 Å². The third-order valence-electron chi connectivity index (χ3n) is 1.32. The second-order valence-corrected chi connectivity index (χ2v) is 3.29. The van der Waals surface area contributed by atoms with Crippen molar-refractivity contribution in [3.63, 3.8) is 0 Å². The Hall–Kier alpha value is -0.920. The molecule has 0 spiro atoms. The van der Waals surface area contributed by atoms with Crippen molar-refractivity contribution >= 4 is 11.3 Å². The highest BCUT2D eigenvalue weighted by Gasteiger charge is 2.36. The fourth-order valence-corrected chi connectivity index (χ4v) is 1.54. The van der Waals surface area contributed by atoms with Gasteiger partial charge >= 0.3 is 12.4 Å². The molecule has 15 heavy (non-hydrogen) atoms. The fourth-order valence-electron chi connectivity index (χ4n) is 0.763. The van der Waals surface area contributed by atoms with Crippen molar-refractivity contribution in [1.82, 2.24) is 0 Å². The molecule has 0 aliphatic carbocycles. The van der Waals surface area contributed by atoms with E-state index in [2.05, 4.69) is 4.74 Å². The van der Waals surface area contributed by atoms with Gasteiger partial charge in [-0.1, -0.05) is 0 Å². The lowest BCUT2D eigenvalue weighted by Crippen LogP contribution is -2.20. The summed E-state index contributed by atoms with van der Waals surface area (Å²) < 4.78 is 75.5. The molecule has 8 heteroatoms. The van der Waals surface area contributed by atoms with E-state index in [-0.39, 0.29) is 0 Å². The molecule has 0 fully saturated rings. The predicted molar refractivity (Wildman–Crippen MR) is 40.9 cm³/mol. The largest absolute Gasteiger partial charge is 0.483 e. The smallest absolute Gasteiger partial charge is 0.422 e. The first-order chi connectivity index (χ1) is 6.70. The maximum atomic E-state index is 12.1. The lowest BCUT2D eigenvalue weighted by Gasteiger charge is -2.11. The summed E-state index contributed by atoms with van der Waals surface area (Å²) in [7, 11) is 0. The lowest BCUT2D eigenvalue weighted by atomic mass is 10.3. The van der Waals surface area contributed by atoms with E-state index in [1.165, 1.54) is 0 Å². The second kappa shape index (κ2) is 3.92. The summed E-state index contributed by atoms with van der Waals surface area (Å²) in [6, 6.07) is 0. The van der Waals surface area contributed by atoms with Crippen LogP contribution < -0.4 is 4.74 Å². The van der Waals surface area contributed by atoms with E-state index < -0.39 is 30.3 Å². The zero-order chi connectivity index (χ0) is 11.7. The molecule has 0 aromatic carbocycles. The van der Waals surface area contributed by atoms with Crippen LogP contribution in [0.5, 0.6) is 5.75 Å². The zero-order valence-electron chi connectivity index (χ0n) is 6.95. The summed E-state index contributed by atoms with van der Waals surface area (Å²) in [6.07, 6.45) is -9.34. The minimum atomic E-state index is -4.69. The number of thiophene rings is 1. The summed E-state index contributed by atoms with van der Waals surface area (Å²) in [5.41, 5.74) is -1.18. The van der Waals surface area contributed by atoms with Gasteiger partial charge in [-0.2, -0.15) is 26.3 Å². The minimum absolute atomic E-state index is 0.631. The Labute approximate surface area is 84.3 Å². The van der Waals surface area contributed by atoms with Gasteiger partial charge in [0.05, 0.1) is 0 Å². The van der Waals surface area contributed by atoms with E-state index >= 15 is 0 Å². The number of alkyl halides is 6. The van der Waals surface area contributed by atoms with Crippen molar-refractivity contribution in [3.05, 3.63) is 16.3 Å². The third-order valence-corrected chi connectivity index (χ3v) is 2.05. The fraction of sp³-hybridized carbons (Fsp3) is 0.429. The van der Waals surface area contributed by atoms with Crippen LogP contribution >= 0.6 is 11.3 Å². The van der Waals surface area contributed by atoms with Gasteiger partial charge in [0.25, 0.3) is 0 Å². The summed E-state index contributed by atoms with van der Waals surface area (Å²) in [4.78, 5) is 0. The molecule has 0 amide bonds. The van der Waals surface area contributed by atoms with Crippen LogP contribution in [0.1, 0.15) is 5.56 Å². The molecule has 0 radical (unpaired) electrons. The molecule has 0 aliphatic heterocycles. The van der Waals surface area contributed by atoms with E-state index in [0.717, 1.165) is 5.38 Å². The average molecular weight is 250 g/mol. The third kappa shape index (κ3) is 3.61. The second-order valence-electron chi connectivity index (χ2n) is 2.55. The van der Waals surface area contributed by atoms with Crippen LogP contribution in [0.4, 0.5) is 26.3 Å². The van der Waals surface area contributed by atoms with Gasteiger partial charge in [-0.25, -0.2) is 0 Å². The minimum Gasteiger partial charge on any atom is -0.483 e. The topological polar surface area (TPSA) is 9.23 Å². The van der Waals surface area contributed by atoms with Gasteiger partial charge < -0.3 is 4.74 Å². The molecule has 0 N–H and O–H groups in total. The van der Waals surface area contributed by atoms with Gasteiger partial charge in [0.2, 0.25) is 0 Å². The van der Waals surface area contributed by atoms with Crippen molar-refractivity contribution < 1.29 is 31.1 Å². The first-order valence-corrected chi connectivity index (χ1v) is 4.47. The molecular formula is C7H4F6OS. The molecule has 0 aliphatic rings. The van der Waals surface area contributed by atoms with Gasteiger partial charge in [0.1, 0.15) is 11.3 Å². The Morgan fingerprint density at radius 1 is 1.07 bits per heavy atom. The molecule has 1 aromatic rings. The average Bonchev–Trinajstić information content (AvgIpc) is 2.45. The highest BCUT2D eigenvalue weighted by atomic mass is 32.1. The van der Waals surface area contributed by atoms with Crippen LogP contribution in [-0.2, 0) is 6.18 Å². The van der Waals surface area contributed by atoms with Crippen molar-refractivity contribution in [2.75, 3.05) is 6.61 Å². The first-order valence-electron chi connectivity index (χ1n) is 3.53. The number of hydrogen-bond acceptors (Lipinski definition) is 2. The molecule has 1 aromatic heterocycles. The Morgan fingerprint density at radius 3 is 2.13 bits per heavy atom. The van der Waals surface area contributed by atoms with Crippen LogP contribution in [0, 0.1) is 0 Å². The Morgan fingerprint density at radius 2 is 1.67 bits per heavy atom. The van der Waals surface area contributed by atoms with E-state index in [4.69, 9.17) is 0 Å². The highest BCUT2D eigenvalue weighted by Crippen LogP contribution is 2.39. The van der Waals surface area contributed by atoms with E-state index in [1.54, 1.807) is 0 Å². The summed E-state index contributed by atoms with van der Waals surface area (Å²) in [5, 5.41) is 1.58. The van der Waals surface area contributed by atoms with Crippen LogP contribution in [0.2, 0.25) is 0 Å². The van der Waals surface area contributed by atoms with Crippen LogP contribution in [0.25, 0.3) is 0 Å². The number of halogens is 6. The maximum Gasteiger partial charge on any atom is 0.422 e. The van der Waals surface area contributed by atoms with E-state index in [1.807, 2.05) is 0 Å². The molecule has 0 unspecified atom stereocenters. The van der Waals surface area contributed by atoms with Gasteiger partial charge in [-0.3, -0.25) is 0 Å². The van der Waals surface area contributed by atoms with Crippen molar-refractivity contribution in [3.8, 4) is 5.75 Å². The molecule has 0 saturated carbocycles. The molecule has 0 saturated heterocycles. The first kappa shape index (κ1) is 12.2. The van der Waals surface area contributed by atoms with Crippen LogP contribution in [0.3, 0.4) is 0 Å². The van der Waals surface area contributed by atoms with Crippen molar-refractivity contribution in [2.24, 2.45) is 0 Å². The zero-order valence-corrected chi connectivity index (χ0v) is 7.76. The van der Waals surface area contributed by atoms with Crippen molar-refractivity contribution in [1.29, 1.82) is 0 Å². The number of hydrogen-bond donors (Lipinski definition) is 0. The summed E-state index contributed by atoms with van der Waals surface area (Å²) >= 11 is 0.631.